The van der Waals surface area contributed by atoms with Gasteiger partial charge >= 0.3 is 0 Å². The second kappa shape index (κ2) is 15.3. The molecule has 4 heteroatoms. The van der Waals surface area contributed by atoms with E-state index in [2.05, 4.69) is 254 Å². The maximum absolute atomic E-state index is 2.53. The summed E-state index contributed by atoms with van der Waals surface area (Å²) < 4.78 is 2.64. The smallest absolute Gasteiger partial charge is 0.0736 e. The van der Waals surface area contributed by atoms with Gasteiger partial charge in [0.2, 0.25) is 0 Å². The van der Waals surface area contributed by atoms with Crippen molar-refractivity contribution in [3.05, 3.63) is 293 Å². The molecule has 0 atom stereocenters. The third kappa shape index (κ3) is 5.47. The van der Waals surface area contributed by atoms with Gasteiger partial charge in [-0.3, -0.25) is 0 Å². The molecular weight excluding hydrogens is 927 g/mol. The first-order chi connectivity index (χ1) is 35.7. The fraction of sp³-hybridized carbons (Fsp3) is 0.0294. The van der Waals surface area contributed by atoms with E-state index in [9.17, 15) is 0 Å². The Bertz CT molecular complexity index is 3970. The van der Waals surface area contributed by atoms with Gasteiger partial charge in [-0.15, -0.1) is 11.3 Å². The van der Waals surface area contributed by atoms with Crippen LogP contribution in [0, 0.1) is 0 Å². The summed E-state index contributed by atoms with van der Waals surface area (Å²) in [4.78, 5) is 7.75. The molecule has 2 spiro atoms. The number of rotatable bonds is 4. The fourth-order valence-corrected chi connectivity index (χ4v) is 16.6. The van der Waals surface area contributed by atoms with Gasteiger partial charge in [0.05, 0.1) is 10.8 Å². The summed E-state index contributed by atoms with van der Waals surface area (Å²) in [5.74, 6) is 0. The molecule has 0 N–H and O–H groups in total. The molecule has 4 aliphatic rings. The second-order valence-electron chi connectivity index (χ2n) is 19.4. The van der Waals surface area contributed by atoms with Crippen LogP contribution in [0.2, 0.25) is 0 Å². The van der Waals surface area contributed by atoms with Crippen molar-refractivity contribution in [2.75, 3.05) is 4.90 Å². The molecule has 3 heterocycles. The summed E-state index contributed by atoms with van der Waals surface area (Å²) >= 11 is 5.66. The van der Waals surface area contributed by atoms with Gasteiger partial charge in [0.15, 0.2) is 0 Å². The molecule has 2 aliphatic carbocycles. The van der Waals surface area contributed by atoms with Crippen molar-refractivity contribution in [1.29, 1.82) is 0 Å². The molecule has 1 aromatic heterocycles. The maximum atomic E-state index is 2.53. The van der Waals surface area contributed by atoms with Crippen molar-refractivity contribution in [2.45, 2.75) is 30.4 Å². The molecule has 1 nitrogen and oxygen atoms in total. The fourth-order valence-electron chi connectivity index (χ4n) is 13.1. The molecule has 0 unspecified atom stereocenters. The van der Waals surface area contributed by atoms with Crippen molar-refractivity contribution in [3.63, 3.8) is 0 Å². The van der Waals surface area contributed by atoms with Crippen LogP contribution in [0.1, 0.15) is 44.5 Å². The van der Waals surface area contributed by atoms with E-state index in [0.29, 0.717) is 0 Å². The third-order valence-electron chi connectivity index (χ3n) is 16.0. The van der Waals surface area contributed by atoms with E-state index in [-0.39, 0.29) is 0 Å². The number of nitrogens with zero attached hydrogens (tertiary/aromatic N) is 1. The molecule has 0 saturated carbocycles. The van der Waals surface area contributed by atoms with Crippen LogP contribution >= 0.6 is 34.9 Å². The summed E-state index contributed by atoms with van der Waals surface area (Å²) in [7, 11) is 0. The summed E-state index contributed by atoms with van der Waals surface area (Å²) in [5, 5.41) is 2.64. The van der Waals surface area contributed by atoms with Crippen molar-refractivity contribution >= 4 is 72.1 Å². The first-order valence-corrected chi connectivity index (χ1v) is 27.2. The highest BCUT2D eigenvalue weighted by molar-refractivity contribution is 7.99. The molecule has 0 radical (unpaired) electrons. The predicted octanol–water partition coefficient (Wildman–Crippen LogP) is 18.8. The number of benzene rings is 11. The van der Waals surface area contributed by atoms with Gasteiger partial charge in [-0.25, -0.2) is 0 Å². The average Bonchev–Trinajstić information content (AvgIpc) is 4.06. The Morgan fingerprint density at radius 1 is 0.264 bits per heavy atom. The lowest BCUT2D eigenvalue weighted by molar-refractivity contribution is 0.721. The Hall–Kier alpha value is -7.86. The minimum atomic E-state index is -0.502. The molecule has 0 bridgehead atoms. The summed E-state index contributed by atoms with van der Waals surface area (Å²) in [5.41, 5.74) is 20.6. The Morgan fingerprint density at radius 2 is 0.653 bits per heavy atom. The van der Waals surface area contributed by atoms with Crippen LogP contribution in [-0.2, 0) is 10.8 Å². The standard InChI is InChI=1S/C68H41NS3/c1-4-18-53-47(15-1)49-37-34-45(40-59(49)67(53)55-20-6-11-25-62(55)71-63-26-12-7-21-56(63)67)69(44-32-29-42(30-33-44)43-31-36-52-51-17-3-10-24-61(51)70-66(52)39-43)46-35-38-50-48-16-2-5-19-54(48)68(60(50)41-46)57-22-8-13-27-64(57)72-65-28-14-9-23-58(65)68/h1-41H. The molecule has 0 amide bonds. The summed E-state index contributed by atoms with van der Waals surface area (Å²) in [6.07, 6.45) is 0. The molecule has 336 valence electrons. The van der Waals surface area contributed by atoms with Crippen molar-refractivity contribution in [1.82, 2.24) is 0 Å². The summed E-state index contributed by atoms with van der Waals surface area (Å²) in [6.45, 7) is 0. The van der Waals surface area contributed by atoms with E-state index in [1.165, 1.54) is 118 Å². The van der Waals surface area contributed by atoms with Gasteiger partial charge in [-0.1, -0.05) is 199 Å². The molecule has 16 rings (SSSR count). The Morgan fingerprint density at radius 3 is 1.17 bits per heavy atom. The normalized spacial score (nSPS) is 14.5. The van der Waals surface area contributed by atoms with Gasteiger partial charge in [-0.2, -0.15) is 0 Å². The van der Waals surface area contributed by atoms with Crippen molar-refractivity contribution in [3.8, 4) is 33.4 Å². The predicted molar refractivity (Wildman–Crippen MR) is 302 cm³/mol. The van der Waals surface area contributed by atoms with Gasteiger partial charge in [-0.05, 0) is 151 Å². The largest absolute Gasteiger partial charge is 0.310 e. The zero-order valence-electron chi connectivity index (χ0n) is 38.8. The molecule has 0 fully saturated rings. The Labute approximate surface area is 431 Å². The van der Waals surface area contributed by atoms with E-state index < -0.39 is 10.8 Å². The SMILES string of the molecule is c1ccc2c(c1)Sc1ccccc1C21c2ccccc2-c2ccc(N(c3ccc(-c4ccc5c(c4)sc4ccccc45)cc3)c3ccc4c(c3)C3(c5ccccc5Sc5ccccc53)c3ccccc3-4)cc21. The van der Waals surface area contributed by atoms with Crippen LogP contribution in [0.5, 0.6) is 0 Å². The lowest BCUT2D eigenvalue weighted by atomic mass is 9.67. The molecule has 11 aromatic carbocycles. The van der Waals surface area contributed by atoms with Crippen LogP contribution in [0.25, 0.3) is 53.6 Å². The lowest BCUT2D eigenvalue weighted by Gasteiger charge is -2.40. The topological polar surface area (TPSA) is 3.24 Å². The average molecular weight is 968 g/mol. The van der Waals surface area contributed by atoms with Gasteiger partial charge in [0.1, 0.15) is 0 Å². The molecule has 12 aromatic rings. The summed E-state index contributed by atoms with van der Waals surface area (Å²) in [6, 6.07) is 94.4. The van der Waals surface area contributed by atoms with E-state index >= 15 is 0 Å². The van der Waals surface area contributed by atoms with Crippen LogP contribution in [0.15, 0.2) is 268 Å². The van der Waals surface area contributed by atoms with E-state index in [0.717, 1.165) is 17.1 Å². The van der Waals surface area contributed by atoms with Gasteiger partial charge < -0.3 is 4.90 Å². The Kier molecular flexibility index (Phi) is 8.69. The minimum absolute atomic E-state index is 0.502. The Balaban J connectivity index is 0.940. The highest BCUT2D eigenvalue weighted by Crippen LogP contribution is 2.65. The van der Waals surface area contributed by atoms with E-state index in [4.69, 9.17) is 0 Å². The second-order valence-corrected chi connectivity index (χ2v) is 22.7. The number of anilines is 3. The first kappa shape index (κ1) is 40.8. The monoisotopic (exact) mass is 967 g/mol. The zero-order chi connectivity index (χ0) is 47.1. The van der Waals surface area contributed by atoms with Crippen molar-refractivity contribution in [2.24, 2.45) is 0 Å². The van der Waals surface area contributed by atoms with Gasteiger partial charge in [0.25, 0.3) is 0 Å². The van der Waals surface area contributed by atoms with Gasteiger partial charge in [0, 0.05) is 56.8 Å². The van der Waals surface area contributed by atoms with E-state index in [1.807, 2.05) is 34.9 Å². The molecule has 0 saturated heterocycles. The minimum Gasteiger partial charge on any atom is -0.310 e. The van der Waals surface area contributed by atoms with Crippen LogP contribution < -0.4 is 4.90 Å². The highest BCUT2D eigenvalue weighted by Gasteiger charge is 2.52. The zero-order valence-corrected chi connectivity index (χ0v) is 41.3. The first-order valence-electron chi connectivity index (χ1n) is 24.7. The molecule has 2 aliphatic heterocycles. The molecule has 72 heavy (non-hydrogen) atoms. The number of hydrogen-bond acceptors (Lipinski definition) is 4. The van der Waals surface area contributed by atoms with Crippen LogP contribution in [-0.4, -0.2) is 0 Å². The molecular formula is C68H41NS3. The third-order valence-corrected chi connectivity index (χ3v) is 19.5. The lowest BCUT2D eigenvalue weighted by Crippen LogP contribution is -2.32. The maximum Gasteiger partial charge on any atom is 0.0736 e. The van der Waals surface area contributed by atoms with E-state index in [1.54, 1.807) is 0 Å². The number of fused-ring (bicyclic) bond motifs is 21. The van der Waals surface area contributed by atoms with Crippen molar-refractivity contribution < 1.29 is 0 Å². The number of thiophene rings is 1. The number of hydrogen-bond donors (Lipinski definition) is 0. The highest BCUT2D eigenvalue weighted by atomic mass is 32.2. The quantitative estimate of drug-likeness (QED) is 0.173. The van der Waals surface area contributed by atoms with Crippen LogP contribution in [0.3, 0.4) is 0 Å². The van der Waals surface area contributed by atoms with Crippen LogP contribution in [0.4, 0.5) is 17.1 Å².